The Morgan fingerprint density at radius 2 is 1.72 bits per heavy atom. The van der Waals surface area contributed by atoms with E-state index >= 15 is 0 Å². The minimum Gasteiger partial charge on any atom is -0.379 e. The molecule has 0 radical (unpaired) electrons. The molecular weight excluding hydrogens is 518 g/mol. The highest BCUT2D eigenvalue weighted by Gasteiger charge is 2.28. The summed E-state index contributed by atoms with van der Waals surface area (Å²) in [4.78, 5) is 27.1. The quantitative estimate of drug-likeness (QED) is 0.378. The summed E-state index contributed by atoms with van der Waals surface area (Å²) in [6, 6.07) is 16.3. The van der Waals surface area contributed by atoms with Gasteiger partial charge in [0.1, 0.15) is 11.7 Å². The SMILES string of the molecule is CCC(C(=O)Nc1ccc(S(=O)(=O)N2CCOCC2)cc1)n1c(=O)cc(C)c2c(C)nn(-c3ccccc3)c21. The van der Waals surface area contributed by atoms with Gasteiger partial charge in [-0.1, -0.05) is 25.1 Å². The Hall–Kier alpha value is -3.80. The van der Waals surface area contributed by atoms with E-state index in [0.717, 1.165) is 22.3 Å². The topological polar surface area (TPSA) is 116 Å². The molecule has 1 amide bonds. The maximum atomic E-state index is 13.6. The van der Waals surface area contributed by atoms with Crippen LogP contribution in [0.4, 0.5) is 5.69 Å². The summed E-state index contributed by atoms with van der Waals surface area (Å²) < 4.78 is 35.7. The van der Waals surface area contributed by atoms with Crippen molar-refractivity contribution in [3.05, 3.63) is 82.3 Å². The molecule has 0 bridgehead atoms. The van der Waals surface area contributed by atoms with Crippen molar-refractivity contribution in [2.45, 2.75) is 38.1 Å². The molecule has 1 N–H and O–H groups in total. The van der Waals surface area contributed by atoms with Crippen molar-refractivity contribution in [2.75, 3.05) is 31.6 Å². The smallest absolute Gasteiger partial charge is 0.253 e. The summed E-state index contributed by atoms with van der Waals surface area (Å²) in [6.07, 6.45) is 0.354. The van der Waals surface area contributed by atoms with Crippen LogP contribution in [0.1, 0.15) is 30.6 Å². The number of sulfonamides is 1. The number of amides is 1. The average Bonchev–Trinajstić information content (AvgIpc) is 3.29. The third-order valence-corrected chi connectivity index (χ3v) is 8.88. The monoisotopic (exact) mass is 549 g/mol. The number of carbonyl (C=O) groups excluding carboxylic acids is 1. The fraction of sp³-hybridized carbons (Fsp3) is 0.321. The van der Waals surface area contributed by atoms with Crippen LogP contribution in [0.25, 0.3) is 16.7 Å². The van der Waals surface area contributed by atoms with E-state index in [2.05, 4.69) is 5.32 Å². The predicted molar refractivity (Wildman–Crippen MR) is 149 cm³/mol. The number of hydrogen-bond donors (Lipinski definition) is 1. The Morgan fingerprint density at radius 3 is 2.36 bits per heavy atom. The van der Waals surface area contributed by atoms with Gasteiger partial charge in [0, 0.05) is 30.2 Å². The van der Waals surface area contributed by atoms with Gasteiger partial charge in [0.25, 0.3) is 5.56 Å². The summed E-state index contributed by atoms with van der Waals surface area (Å²) in [5.74, 6) is -0.382. The van der Waals surface area contributed by atoms with Crippen LogP contribution in [0, 0.1) is 13.8 Å². The first-order valence-corrected chi connectivity index (χ1v) is 14.3. The molecule has 1 aliphatic heterocycles. The molecule has 2 aromatic heterocycles. The summed E-state index contributed by atoms with van der Waals surface area (Å²) in [5.41, 5.74) is 3.01. The van der Waals surface area contributed by atoms with E-state index in [-0.39, 0.29) is 16.4 Å². The van der Waals surface area contributed by atoms with Crippen LogP contribution in [-0.4, -0.2) is 59.3 Å². The molecule has 11 heteroatoms. The molecule has 204 valence electrons. The number of ether oxygens (including phenoxy) is 1. The second-order valence-corrected chi connectivity index (χ2v) is 11.5. The first kappa shape index (κ1) is 26.8. The van der Waals surface area contributed by atoms with Crippen LogP contribution in [0.5, 0.6) is 0 Å². The molecule has 39 heavy (non-hydrogen) atoms. The Labute approximate surface area is 226 Å². The standard InChI is InChI=1S/C28H31N5O5S/c1-4-24(27(35)29-21-10-12-23(13-11-21)39(36,37)31-14-16-38-17-15-31)32-25(34)18-19(2)26-20(3)30-33(28(26)32)22-8-6-5-7-9-22/h5-13,18,24H,4,14-17H2,1-3H3,(H,29,35). The van der Waals surface area contributed by atoms with E-state index in [0.29, 0.717) is 44.1 Å². The van der Waals surface area contributed by atoms with Gasteiger partial charge in [0.2, 0.25) is 15.9 Å². The number of nitrogens with one attached hydrogen (secondary N) is 1. The fourth-order valence-electron chi connectivity index (χ4n) is 5.04. The molecule has 0 saturated carbocycles. The number of benzene rings is 2. The highest BCUT2D eigenvalue weighted by Crippen LogP contribution is 2.27. The van der Waals surface area contributed by atoms with Gasteiger partial charge >= 0.3 is 0 Å². The van der Waals surface area contributed by atoms with Crippen molar-refractivity contribution < 1.29 is 17.9 Å². The van der Waals surface area contributed by atoms with Crippen molar-refractivity contribution in [1.29, 1.82) is 0 Å². The summed E-state index contributed by atoms with van der Waals surface area (Å²) in [7, 11) is -3.65. The number of aryl methyl sites for hydroxylation is 2. The highest BCUT2D eigenvalue weighted by atomic mass is 32.2. The molecular formula is C28H31N5O5S. The zero-order chi connectivity index (χ0) is 27.7. The number of carbonyl (C=O) groups is 1. The van der Waals surface area contributed by atoms with E-state index in [1.54, 1.807) is 16.8 Å². The first-order valence-electron chi connectivity index (χ1n) is 12.9. The molecule has 1 saturated heterocycles. The van der Waals surface area contributed by atoms with Gasteiger partial charge in [-0.25, -0.2) is 13.1 Å². The Bertz CT molecular complexity index is 1670. The molecule has 3 heterocycles. The van der Waals surface area contributed by atoms with Gasteiger partial charge in [-0.3, -0.25) is 14.2 Å². The summed E-state index contributed by atoms with van der Waals surface area (Å²) >= 11 is 0. The molecule has 1 atom stereocenters. The zero-order valence-corrected chi connectivity index (χ0v) is 22.9. The van der Waals surface area contributed by atoms with Crippen molar-refractivity contribution in [1.82, 2.24) is 18.7 Å². The number of pyridine rings is 1. The number of hydrogen-bond acceptors (Lipinski definition) is 6. The summed E-state index contributed by atoms with van der Waals surface area (Å²) in [5, 5.41) is 8.40. The number of para-hydroxylation sites is 1. The van der Waals surface area contributed by atoms with Crippen molar-refractivity contribution in [3.8, 4) is 5.69 Å². The normalized spacial score (nSPS) is 15.4. The maximum Gasteiger partial charge on any atom is 0.253 e. The number of anilines is 1. The van der Waals surface area contributed by atoms with E-state index in [4.69, 9.17) is 9.84 Å². The van der Waals surface area contributed by atoms with Crippen LogP contribution in [0.2, 0.25) is 0 Å². The van der Waals surface area contributed by atoms with Crippen LogP contribution in [0.3, 0.4) is 0 Å². The minimum atomic E-state index is -3.65. The number of aromatic nitrogens is 3. The largest absolute Gasteiger partial charge is 0.379 e. The third-order valence-electron chi connectivity index (χ3n) is 6.97. The van der Waals surface area contributed by atoms with Crippen molar-refractivity contribution >= 4 is 32.7 Å². The molecule has 1 fully saturated rings. The van der Waals surface area contributed by atoms with Crippen LogP contribution >= 0.6 is 0 Å². The van der Waals surface area contributed by atoms with E-state index < -0.39 is 16.1 Å². The molecule has 1 aliphatic rings. The van der Waals surface area contributed by atoms with Crippen LogP contribution in [-0.2, 0) is 19.6 Å². The fourth-order valence-corrected chi connectivity index (χ4v) is 6.45. The lowest BCUT2D eigenvalue weighted by molar-refractivity contribution is -0.119. The van der Waals surface area contributed by atoms with Crippen LogP contribution in [0.15, 0.2) is 70.4 Å². The van der Waals surface area contributed by atoms with Gasteiger partial charge in [-0.15, -0.1) is 0 Å². The van der Waals surface area contributed by atoms with Crippen LogP contribution < -0.4 is 10.9 Å². The number of nitrogens with zero attached hydrogens (tertiary/aromatic N) is 4. The lowest BCUT2D eigenvalue weighted by atomic mass is 10.1. The van der Waals surface area contributed by atoms with Gasteiger partial charge in [-0.05, 0) is 62.2 Å². The number of morpholine rings is 1. The second-order valence-electron chi connectivity index (χ2n) is 9.52. The van der Waals surface area contributed by atoms with E-state index in [1.165, 1.54) is 27.1 Å². The number of fused-ring (bicyclic) bond motifs is 1. The molecule has 4 aromatic rings. The van der Waals surface area contributed by atoms with E-state index in [9.17, 15) is 18.0 Å². The molecule has 2 aromatic carbocycles. The Kier molecular flexibility index (Phi) is 7.39. The maximum absolute atomic E-state index is 13.6. The minimum absolute atomic E-state index is 0.146. The third kappa shape index (κ3) is 5.00. The van der Waals surface area contributed by atoms with Gasteiger partial charge < -0.3 is 10.1 Å². The molecule has 5 rings (SSSR count). The van der Waals surface area contributed by atoms with E-state index in [1.807, 2.05) is 51.1 Å². The average molecular weight is 550 g/mol. The second kappa shape index (κ2) is 10.8. The molecule has 0 aliphatic carbocycles. The van der Waals surface area contributed by atoms with Crippen molar-refractivity contribution in [2.24, 2.45) is 0 Å². The Balaban J connectivity index is 1.49. The molecule has 1 unspecified atom stereocenters. The first-order chi connectivity index (χ1) is 18.7. The number of rotatable bonds is 7. The van der Waals surface area contributed by atoms with Gasteiger partial charge in [-0.2, -0.15) is 9.40 Å². The van der Waals surface area contributed by atoms with Gasteiger partial charge in [0.05, 0.1) is 29.5 Å². The summed E-state index contributed by atoms with van der Waals surface area (Å²) in [6.45, 7) is 6.93. The molecule has 10 nitrogen and oxygen atoms in total. The Morgan fingerprint density at radius 1 is 1.05 bits per heavy atom. The highest BCUT2D eigenvalue weighted by molar-refractivity contribution is 7.89. The lowest BCUT2D eigenvalue weighted by Crippen LogP contribution is -2.40. The molecule has 0 spiro atoms. The predicted octanol–water partition coefficient (Wildman–Crippen LogP) is 3.41. The zero-order valence-electron chi connectivity index (χ0n) is 22.1. The lowest BCUT2D eigenvalue weighted by Gasteiger charge is -2.26. The van der Waals surface area contributed by atoms with Crippen molar-refractivity contribution in [3.63, 3.8) is 0 Å². The van der Waals surface area contributed by atoms with Gasteiger partial charge in [0.15, 0.2) is 0 Å².